The molecule has 0 unspecified atom stereocenters. The quantitative estimate of drug-likeness (QED) is 0.821. The van der Waals surface area contributed by atoms with Gasteiger partial charge in [-0.2, -0.15) is 4.98 Å². The van der Waals surface area contributed by atoms with Gasteiger partial charge in [0.2, 0.25) is 11.8 Å². The number of amides is 1. The Kier molecular flexibility index (Phi) is 4.65. The van der Waals surface area contributed by atoms with Crippen LogP contribution in [-0.4, -0.2) is 33.7 Å². The SMILES string of the molecule is Cc1noc(CCNC(=O)Cc2cccc(C(=O)O)c2)n1. The van der Waals surface area contributed by atoms with E-state index in [-0.39, 0.29) is 17.9 Å². The lowest BCUT2D eigenvalue weighted by Gasteiger charge is -2.04. The van der Waals surface area contributed by atoms with Gasteiger partial charge in [0.05, 0.1) is 12.0 Å². The third-order valence-corrected chi connectivity index (χ3v) is 2.77. The van der Waals surface area contributed by atoms with E-state index in [1.165, 1.54) is 12.1 Å². The molecule has 1 heterocycles. The molecule has 0 fully saturated rings. The van der Waals surface area contributed by atoms with Crippen LogP contribution in [0.15, 0.2) is 28.8 Å². The van der Waals surface area contributed by atoms with E-state index in [4.69, 9.17) is 9.63 Å². The summed E-state index contributed by atoms with van der Waals surface area (Å²) < 4.78 is 4.93. The number of hydrogen-bond donors (Lipinski definition) is 2. The van der Waals surface area contributed by atoms with E-state index in [0.29, 0.717) is 30.2 Å². The van der Waals surface area contributed by atoms with Crippen molar-refractivity contribution >= 4 is 11.9 Å². The standard InChI is InChI=1S/C14H15N3O4/c1-9-16-13(21-17-9)5-6-15-12(18)8-10-3-2-4-11(7-10)14(19)20/h2-4,7H,5-6,8H2,1H3,(H,15,18)(H,19,20). The Morgan fingerprint density at radius 2 is 2.19 bits per heavy atom. The van der Waals surface area contributed by atoms with Gasteiger partial charge in [-0.25, -0.2) is 4.79 Å². The molecule has 2 N–H and O–H groups in total. The molecule has 1 aromatic carbocycles. The molecule has 2 rings (SSSR count). The first-order valence-electron chi connectivity index (χ1n) is 6.42. The lowest BCUT2D eigenvalue weighted by Crippen LogP contribution is -2.27. The number of hydrogen-bond acceptors (Lipinski definition) is 5. The number of rotatable bonds is 6. The van der Waals surface area contributed by atoms with Crippen molar-refractivity contribution in [2.75, 3.05) is 6.54 Å². The van der Waals surface area contributed by atoms with Gasteiger partial charge in [0.25, 0.3) is 0 Å². The van der Waals surface area contributed by atoms with Gasteiger partial charge in [0.1, 0.15) is 0 Å². The molecule has 0 saturated heterocycles. The third kappa shape index (κ3) is 4.41. The first-order valence-corrected chi connectivity index (χ1v) is 6.42. The van der Waals surface area contributed by atoms with Crippen molar-refractivity contribution in [1.29, 1.82) is 0 Å². The van der Waals surface area contributed by atoms with Crippen LogP contribution in [0.3, 0.4) is 0 Å². The predicted octanol–water partition coefficient (Wildman–Crippen LogP) is 0.978. The number of aromatic carboxylic acids is 1. The number of carbonyl (C=O) groups excluding carboxylic acids is 1. The molecule has 0 aliphatic rings. The van der Waals surface area contributed by atoms with Gasteiger partial charge in [-0.3, -0.25) is 4.79 Å². The smallest absolute Gasteiger partial charge is 0.335 e. The zero-order valence-corrected chi connectivity index (χ0v) is 11.5. The van der Waals surface area contributed by atoms with Gasteiger partial charge in [0.15, 0.2) is 5.82 Å². The molecule has 0 atom stereocenters. The zero-order chi connectivity index (χ0) is 15.2. The van der Waals surface area contributed by atoms with Crippen LogP contribution in [0.1, 0.15) is 27.6 Å². The summed E-state index contributed by atoms with van der Waals surface area (Å²) >= 11 is 0. The highest BCUT2D eigenvalue weighted by Gasteiger charge is 2.08. The number of carboxylic acids is 1. The molecule has 0 radical (unpaired) electrons. The monoisotopic (exact) mass is 289 g/mol. The molecular weight excluding hydrogens is 274 g/mol. The van der Waals surface area contributed by atoms with E-state index < -0.39 is 5.97 Å². The van der Waals surface area contributed by atoms with Crippen molar-refractivity contribution in [3.8, 4) is 0 Å². The number of benzene rings is 1. The average Bonchev–Trinajstić information content (AvgIpc) is 2.84. The molecule has 0 aliphatic carbocycles. The Hall–Kier alpha value is -2.70. The van der Waals surface area contributed by atoms with E-state index in [9.17, 15) is 9.59 Å². The van der Waals surface area contributed by atoms with Crippen LogP contribution in [0.2, 0.25) is 0 Å². The lowest BCUT2D eigenvalue weighted by molar-refractivity contribution is -0.120. The predicted molar refractivity (Wildman–Crippen MR) is 72.9 cm³/mol. The highest BCUT2D eigenvalue weighted by molar-refractivity contribution is 5.88. The van der Waals surface area contributed by atoms with Gasteiger partial charge in [-0.05, 0) is 24.6 Å². The molecular formula is C14H15N3O4. The molecule has 110 valence electrons. The van der Waals surface area contributed by atoms with Crippen molar-refractivity contribution in [3.05, 3.63) is 47.1 Å². The van der Waals surface area contributed by atoms with Crippen molar-refractivity contribution in [2.45, 2.75) is 19.8 Å². The van der Waals surface area contributed by atoms with Gasteiger partial charge >= 0.3 is 5.97 Å². The minimum Gasteiger partial charge on any atom is -0.478 e. The lowest BCUT2D eigenvalue weighted by atomic mass is 10.1. The summed E-state index contributed by atoms with van der Waals surface area (Å²) in [7, 11) is 0. The second-order valence-corrected chi connectivity index (χ2v) is 4.52. The number of carbonyl (C=O) groups is 2. The second-order valence-electron chi connectivity index (χ2n) is 4.52. The van der Waals surface area contributed by atoms with E-state index in [2.05, 4.69) is 15.5 Å². The molecule has 0 bridgehead atoms. The summed E-state index contributed by atoms with van der Waals surface area (Å²) in [6, 6.07) is 6.31. The molecule has 1 amide bonds. The fourth-order valence-corrected chi connectivity index (χ4v) is 1.81. The van der Waals surface area contributed by atoms with E-state index >= 15 is 0 Å². The molecule has 0 saturated carbocycles. The number of aromatic nitrogens is 2. The summed E-state index contributed by atoms with van der Waals surface area (Å²) in [5, 5.41) is 15.3. The van der Waals surface area contributed by atoms with Crippen LogP contribution in [0.25, 0.3) is 0 Å². The number of nitrogens with one attached hydrogen (secondary N) is 1. The first-order chi connectivity index (χ1) is 10.0. The van der Waals surface area contributed by atoms with Crippen molar-refractivity contribution in [2.24, 2.45) is 0 Å². The number of carboxylic acid groups (broad SMARTS) is 1. The Balaban J connectivity index is 1.81. The summed E-state index contributed by atoms with van der Waals surface area (Å²) in [5.74, 6) is -0.166. The molecule has 7 heteroatoms. The van der Waals surface area contributed by atoms with E-state index in [0.717, 1.165) is 0 Å². The number of aryl methyl sites for hydroxylation is 1. The highest BCUT2D eigenvalue weighted by atomic mass is 16.5. The summed E-state index contributed by atoms with van der Waals surface area (Å²) in [6.45, 7) is 2.11. The highest BCUT2D eigenvalue weighted by Crippen LogP contribution is 2.06. The van der Waals surface area contributed by atoms with Crippen molar-refractivity contribution in [1.82, 2.24) is 15.5 Å². The Morgan fingerprint density at radius 1 is 1.38 bits per heavy atom. The minimum absolute atomic E-state index is 0.129. The largest absolute Gasteiger partial charge is 0.478 e. The fraction of sp³-hybridized carbons (Fsp3) is 0.286. The fourth-order valence-electron chi connectivity index (χ4n) is 1.81. The van der Waals surface area contributed by atoms with Gasteiger partial charge < -0.3 is 14.9 Å². The van der Waals surface area contributed by atoms with Crippen LogP contribution >= 0.6 is 0 Å². The third-order valence-electron chi connectivity index (χ3n) is 2.77. The van der Waals surface area contributed by atoms with Crippen LogP contribution in [0.4, 0.5) is 0 Å². The second kappa shape index (κ2) is 6.65. The van der Waals surface area contributed by atoms with Crippen LogP contribution in [0.5, 0.6) is 0 Å². The maximum atomic E-state index is 11.8. The zero-order valence-electron chi connectivity index (χ0n) is 11.5. The molecule has 0 spiro atoms. The average molecular weight is 289 g/mol. The Morgan fingerprint density at radius 3 is 2.86 bits per heavy atom. The van der Waals surface area contributed by atoms with E-state index in [1.54, 1.807) is 19.1 Å². The Labute approximate surface area is 121 Å². The first kappa shape index (κ1) is 14.7. The normalized spacial score (nSPS) is 10.3. The number of nitrogens with zero attached hydrogens (tertiary/aromatic N) is 2. The van der Waals surface area contributed by atoms with Crippen molar-refractivity contribution < 1.29 is 19.2 Å². The van der Waals surface area contributed by atoms with Crippen LogP contribution in [-0.2, 0) is 17.6 Å². The maximum Gasteiger partial charge on any atom is 0.335 e. The van der Waals surface area contributed by atoms with Crippen molar-refractivity contribution in [3.63, 3.8) is 0 Å². The summed E-state index contributed by atoms with van der Waals surface area (Å²) in [5.41, 5.74) is 0.822. The molecule has 21 heavy (non-hydrogen) atoms. The Bertz CT molecular complexity index is 651. The van der Waals surface area contributed by atoms with Crippen LogP contribution in [0, 0.1) is 6.92 Å². The van der Waals surface area contributed by atoms with Gasteiger partial charge in [0, 0.05) is 13.0 Å². The topological polar surface area (TPSA) is 105 Å². The van der Waals surface area contributed by atoms with Gasteiger partial charge in [-0.15, -0.1) is 0 Å². The van der Waals surface area contributed by atoms with E-state index in [1.807, 2.05) is 0 Å². The van der Waals surface area contributed by atoms with Gasteiger partial charge in [-0.1, -0.05) is 17.3 Å². The molecule has 7 nitrogen and oxygen atoms in total. The molecule has 0 aliphatic heterocycles. The molecule has 1 aromatic heterocycles. The summed E-state index contributed by atoms with van der Waals surface area (Å²) in [4.78, 5) is 26.6. The maximum absolute atomic E-state index is 11.8. The minimum atomic E-state index is -1.01. The van der Waals surface area contributed by atoms with Crippen LogP contribution < -0.4 is 5.32 Å². The summed E-state index contributed by atoms with van der Waals surface area (Å²) in [6.07, 6.45) is 0.589. The molecule has 2 aromatic rings.